The summed E-state index contributed by atoms with van der Waals surface area (Å²) in [5.74, 6) is -0.300. The number of esters is 1. The van der Waals surface area contributed by atoms with Crippen LogP contribution in [0.2, 0.25) is 0 Å². The predicted molar refractivity (Wildman–Crippen MR) is 141 cm³/mol. The molecule has 1 atom stereocenters. The standard InChI is InChI=1S/C28H38N4O6/c1-3-37-27(35)28(10-5-15-36-2)17-23-6-4-7-24(16-23)38-20-26(34)30-13-14-32(19-25(33)31-21-28)18-22-8-11-29-12-9-22/h4,6-9,11-12,16H,3,5,10,13-15,17-21H2,1-2H3,(H,30,34)(H,31,33). The number of pyridine rings is 1. The summed E-state index contributed by atoms with van der Waals surface area (Å²) in [6, 6.07) is 11.1. The zero-order valence-electron chi connectivity index (χ0n) is 22.2. The van der Waals surface area contributed by atoms with Crippen LogP contribution in [-0.4, -0.2) is 80.8 Å². The van der Waals surface area contributed by atoms with Gasteiger partial charge >= 0.3 is 5.97 Å². The van der Waals surface area contributed by atoms with Crippen LogP contribution in [0.5, 0.6) is 5.75 Å². The molecule has 0 radical (unpaired) electrons. The quantitative estimate of drug-likeness (QED) is 0.394. The van der Waals surface area contributed by atoms with Crippen molar-refractivity contribution < 1.29 is 28.6 Å². The molecule has 0 aliphatic carbocycles. The summed E-state index contributed by atoms with van der Waals surface area (Å²) in [5, 5.41) is 5.85. The van der Waals surface area contributed by atoms with Gasteiger partial charge in [0.1, 0.15) is 5.75 Å². The molecule has 2 amide bonds. The first-order valence-electron chi connectivity index (χ1n) is 13.0. The SMILES string of the molecule is CCOC(=O)C1(CCCOC)CNC(=O)CN(Cc2ccncc2)CCNC(=O)COc2cccc(c2)C1. The molecule has 0 saturated carbocycles. The Labute approximate surface area is 224 Å². The third-order valence-electron chi connectivity index (χ3n) is 6.42. The molecule has 1 aromatic heterocycles. The molecule has 0 saturated heterocycles. The van der Waals surface area contributed by atoms with E-state index in [4.69, 9.17) is 14.2 Å². The summed E-state index contributed by atoms with van der Waals surface area (Å²) in [4.78, 5) is 44.9. The maximum Gasteiger partial charge on any atom is 0.314 e. The lowest BCUT2D eigenvalue weighted by Gasteiger charge is -2.32. The summed E-state index contributed by atoms with van der Waals surface area (Å²) in [6.07, 6.45) is 4.82. The van der Waals surface area contributed by atoms with Gasteiger partial charge in [-0.3, -0.25) is 24.3 Å². The van der Waals surface area contributed by atoms with E-state index in [-0.39, 0.29) is 44.1 Å². The number of hydrogen-bond acceptors (Lipinski definition) is 8. The molecule has 1 aliphatic heterocycles. The molecule has 10 nitrogen and oxygen atoms in total. The van der Waals surface area contributed by atoms with Gasteiger partial charge in [0.25, 0.3) is 5.91 Å². The molecule has 3 rings (SSSR count). The average molecular weight is 527 g/mol. The zero-order valence-corrected chi connectivity index (χ0v) is 22.2. The summed E-state index contributed by atoms with van der Waals surface area (Å²) in [5.41, 5.74) is 0.845. The monoisotopic (exact) mass is 526 g/mol. The Hall–Kier alpha value is -3.50. The Morgan fingerprint density at radius 2 is 1.97 bits per heavy atom. The molecule has 10 heteroatoms. The molecule has 2 N–H and O–H groups in total. The Balaban J connectivity index is 1.89. The predicted octanol–water partition coefficient (Wildman–Crippen LogP) is 1.73. The normalized spacial score (nSPS) is 19.6. The fourth-order valence-electron chi connectivity index (χ4n) is 4.50. The highest BCUT2D eigenvalue weighted by molar-refractivity contribution is 5.81. The first-order valence-corrected chi connectivity index (χ1v) is 13.0. The van der Waals surface area contributed by atoms with Crippen LogP contribution in [0.15, 0.2) is 48.8 Å². The number of methoxy groups -OCH3 is 1. The molecular weight excluding hydrogens is 488 g/mol. The Morgan fingerprint density at radius 1 is 1.16 bits per heavy atom. The van der Waals surface area contributed by atoms with Crippen molar-refractivity contribution in [3.63, 3.8) is 0 Å². The highest BCUT2D eigenvalue weighted by Crippen LogP contribution is 2.32. The molecule has 38 heavy (non-hydrogen) atoms. The van der Waals surface area contributed by atoms with Crippen LogP contribution in [-0.2, 0) is 36.8 Å². The van der Waals surface area contributed by atoms with E-state index in [9.17, 15) is 14.4 Å². The van der Waals surface area contributed by atoms with E-state index in [1.165, 1.54) is 0 Å². The van der Waals surface area contributed by atoms with Crippen LogP contribution in [0.4, 0.5) is 0 Å². The second kappa shape index (κ2) is 15.0. The second-order valence-electron chi connectivity index (χ2n) is 9.40. The van der Waals surface area contributed by atoms with Crippen LogP contribution in [0.25, 0.3) is 0 Å². The molecule has 2 heterocycles. The van der Waals surface area contributed by atoms with Crippen LogP contribution >= 0.6 is 0 Å². The minimum absolute atomic E-state index is 0.0984. The van der Waals surface area contributed by atoms with Crippen LogP contribution < -0.4 is 15.4 Å². The number of nitrogens with zero attached hydrogens (tertiary/aromatic N) is 2. The van der Waals surface area contributed by atoms with Gasteiger partial charge in [-0.15, -0.1) is 0 Å². The van der Waals surface area contributed by atoms with Gasteiger partial charge in [0, 0.05) is 52.3 Å². The van der Waals surface area contributed by atoms with E-state index in [1.54, 1.807) is 32.5 Å². The van der Waals surface area contributed by atoms with Gasteiger partial charge in [-0.2, -0.15) is 0 Å². The Kier molecular flexibility index (Phi) is 11.5. The van der Waals surface area contributed by atoms with Crippen molar-refractivity contribution in [3.8, 4) is 5.75 Å². The van der Waals surface area contributed by atoms with E-state index in [0.29, 0.717) is 51.3 Å². The number of benzene rings is 1. The maximum atomic E-state index is 13.4. The number of rotatable bonds is 8. The number of hydrogen-bond donors (Lipinski definition) is 2. The first kappa shape index (κ1) is 29.1. The minimum Gasteiger partial charge on any atom is -0.484 e. The number of amides is 2. The van der Waals surface area contributed by atoms with Crippen molar-refractivity contribution in [2.75, 3.05) is 53.1 Å². The van der Waals surface area contributed by atoms with Crippen LogP contribution in [0.3, 0.4) is 0 Å². The number of carbonyl (C=O) groups is 3. The lowest BCUT2D eigenvalue weighted by Crippen LogP contribution is -2.48. The van der Waals surface area contributed by atoms with Gasteiger partial charge in [0.15, 0.2) is 6.61 Å². The number of aromatic nitrogens is 1. The molecule has 1 unspecified atom stereocenters. The third kappa shape index (κ3) is 9.11. The van der Waals surface area contributed by atoms with Gasteiger partial charge in [0.05, 0.1) is 18.6 Å². The van der Waals surface area contributed by atoms with Crippen LogP contribution in [0, 0.1) is 5.41 Å². The van der Waals surface area contributed by atoms with E-state index < -0.39 is 5.41 Å². The summed E-state index contributed by atoms with van der Waals surface area (Å²) in [6.45, 7) is 3.88. The van der Waals surface area contributed by atoms with E-state index in [0.717, 1.165) is 11.1 Å². The molecule has 0 fully saturated rings. The van der Waals surface area contributed by atoms with Gasteiger partial charge < -0.3 is 24.8 Å². The van der Waals surface area contributed by atoms with Gasteiger partial charge in [0.2, 0.25) is 5.91 Å². The molecular formula is C28H38N4O6. The topological polar surface area (TPSA) is 119 Å². The fraction of sp³-hybridized carbons (Fsp3) is 0.500. The lowest BCUT2D eigenvalue weighted by atomic mass is 9.77. The van der Waals surface area contributed by atoms with E-state index in [1.807, 2.05) is 35.2 Å². The van der Waals surface area contributed by atoms with Gasteiger partial charge in [-0.05, 0) is 61.6 Å². The van der Waals surface area contributed by atoms with Crippen molar-refractivity contribution >= 4 is 17.8 Å². The molecule has 1 aromatic carbocycles. The summed E-state index contributed by atoms with van der Waals surface area (Å²) < 4.78 is 16.5. The molecule has 206 valence electrons. The van der Waals surface area contributed by atoms with Crippen molar-refractivity contribution in [3.05, 3.63) is 59.9 Å². The van der Waals surface area contributed by atoms with Crippen LogP contribution in [0.1, 0.15) is 30.9 Å². The van der Waals surface area contributed by atoms with Crippen molar-refractivity contribution in [2.45, 2.75) is 32.7 Å². The van der Waals surface area contributed by atoms with Crippen molar-refractivity contribution in [2.24, 2.45) is 5.41 Å². The van der Waals surface area contributed by atoms with Gasteiger partial charge in [-0.25, -0.2) is 0 Å². The van der Waals surface area contributed by atoms with Crippen molar-refractivity contribution in [1.29, 1.82) is 0 Å². The third-order valence-corrected chi connectivity index (χ3v) is 6.42. The number of ether oxygens (including phenoxy) is 3. The van der Waals surface area contributed by atoms with Crippen molar-refractivity contribution in [1.82, 2.24) is 20.5 Å². The minimum atomic E-state index is -0.993. The first-order chi connectivity index (χ1) is 18.4. The average Bonchev–Trinajstić information content (AvgIpc) is 2.91. The maximum absolute atomic E-state index is 13.4. The Bertz CT molecular complexity index is 1050. The van der Waals surface area contributed by atoms with E-state index in [2.05, 4.69) is 15.6 Å². The molecule has 2 aromatic rings. The molecule has 2 bridgehead atoms. The molecule has 1 aliphatic rings. The van der Waals surface area contributed by atoms with Gasteiger partial charge in [-0.1, -0.05) is 12.1 Å². The highest BCUT2D eigenvalue weighted by atomic mass is 16.5. The Morgan fingerprint density at radius 3 is 2.74 bits per heavy atom. The second-order valence-corrected chi connectivity index (χ2v) is 9.40. The summed E-state index contributed by atoms with van der Waals surface area (Å²) in [7, 11) is 1.62. The fourth-order valence-corrected chi connectivity index (χ4v) is 4.50. The smallest absolute Gasteiger partial charge is 0.314 e. The largest absolute Gasteiger partial charge is 0.484 e. The number of carbonyl (C=O) groups excluding carboxylic acids is 3. The zero-order chi connectivity index (χ0) is 27.2. The lowest BCUT2D eigenvalue weighted by molar-refractivity contribution is -0.156. The molecule has 0 spiro atoms. The number of fused-ring (bicyclic) bond motifs is 2. The summed E-state index contributed by atoms with van der Waals surface area (Å²) >= 11 is 0. The number of nitrogens with one attached hydrogen (secondary N) is 2. The highest BCUT2D eigenvalue weighted by Gasteiger charge is 2.40. The van der Waals surface area contributed by atoms with E-state index >= 15 is 0 Å².